The summed E-state index contributed by atoms with van der Waals surface area (Å²) in [5, 5.41) is 14.1. The molecule has 20 heteroatoms. The number of hydrogen-bond donors (Lipinski definition) is 6. The third kappa shape index (κ3) is 19.3. The molecule has 2 aliphatic heterocycles. The minimum atomic E-state index is -0.804. The van der Waals surface area contributed by atoms with Crippen molar-refractivity contribution in [3.63, 3.8) is 0 Å². The summed E-state index contributed by atoms with van der Waals surface area (Å²) in [4.78, 5) is 114. The van der Waals surface area contributed by atoms with Crippen molar-refractivity contribution in [1.29, 1.82) is 0 Å². The van der Waals surface area contributed by atoms with Crippen LogP contribution in [0.1, 0.15) is 152 Å². The average Bonchev–Trinajstić information content (AvgIpc) is 3.99. The highest BCUT2D eigenvalue weighted by Gasteiger charge is 2.37. The molecule has 8 atom stereocenters. The van der Waals surface area contributed by atoms with E-state index in [1.54, 1.807) is 43.3 Å². The monoisotopic (exact) mass is 1060 g/mol. The minimum absolute atomic E-state index is 0.0217. The molecule has 2 aliphatic rings. The Morgan fingerprint density at radius 2 is 1.63 bits per heavy atom. The number of imide groups is 1. The Balaban J connectivity index is 1.42. The maximum absolute atomic E-state index is 14.4. The van der Waals surface area contributed by atoms with E-state index >= 15 is 0 Å². The Morgan fingerprint density at radius 1 is 0.933 bits per heavy atom. The number of aromatic nitrogens is 1. The topological polar surface area (TPSA) is 269 Å². The number of nitrogens with two attached hydrogens (primary N) is 2. The maximum atomic E-state index is 14.4. The molecule has 414 valence electrons. The Kier molecular flexibility index (Phi) is 25.1. The van der Waals surface area contributed by atoms with Gasteiger partial charge in [0.05, 0.1) is 11.8 Å². The molecule has 1 fully saturated rings. The summed E-state index contributed by atoms with van der Waals surface area (Å²) in [5.74, 6) is -2.91. The van der Waals surface area contributed by atoms with Crippen LogP contribution in [0.25, 0.3) is 0 Å². The molecule has 75 heavy (non-hydrogen) atoms. The van der Waals surface area contributed by atoms with Crippen LogP contribution in [0.5, 0.6) is 0 Å². The number of nitrogens with one attached hydrogen (secondary N) is 4. The second-order valence-electron chi connectivity index (χ2n) is 20.7. The fraction of sp³-hybridized carbons (Fsp3) is 0.618. The van der Waals surface area contributed by atoms with Crippen LogP contribution in [0.3, 0.4) is 0 Å². The second-order valence-corrected chi connectivity index (χ2v) is 21.6. The molecule has 8 amide bonds. The molecule has 1 aromatic heterocycles. The van der Waals surface area contributed by atoms with E-state index in [1.807, 2.05) is 46.9 Å². The predicted molar refractivity (Wildman–Crippen MR) is 291 cm³/mol. The van der Waals surface area contributed by atoms with Crippen molar-refractivity contribution in [1.82, 2.24) is 35.6 Å². The Labute approximate surface area is 447 Å². The van der Waals surface area contributed by atoms with E-state index < -0.39 is 42.0 Å². The molecule has 0 bridgehead atoms. The number of allylic oxidation sites excluding steroid dienone is 1. The van der Waals surface area contributed by atoms with Crippen LogP contribution in [-0.4, -0.2) is 131 Å². The van der Waals surface area contributed by atoms with E-state index in [0.29, 0.717) is 80.8 Å². The number of likely N-dealkylation sites (tertiary alicyclic amines) is 1. The first kappa shape index (κ1) is 61.6. The molecule has 8 N–H and O–H groups in total. The van der Waals surface area contributed by atoms with Gasteiger partial charge in [0.15, 0.2) is 6.10 Å². The number of ether oxygens (including phenoxy) is 1. The van der Waals surface area contributed by atoms with Crippen molar-refractivity contribution < 1.29 is 43.1 Å². The van der Waals surface area contributed by atoms with Gasteiger partial charge in [-0.3, -0.25) is 48.2 Å². The van der Waals surface area contributed by atoms with Crippen LogP contribution in [0.2, 0.25) is 0 Å². The van der Waals surface area contributed by atoms with Crippen molar-refractivity contribution in [3.8, 4) is 0 Å². The van der Waals surface area contributed by atoms with Gasteiger partial charge in [-0.05, 0) is 114 Å². The van der Waals surface area contributed by atoms with E-state index in [9.17, 15) is 38.4 Å². The second kappa shape index (κ2) is 30.5. The number of anilines is 1. The van der Waals surface area contributed by atoms with Crippen molar-refractivity contribution in [2.45, 2.75) is 168 Å². The minimum Gasteiger partial charge on any atom is -0.488 e. The summed E-state index contributed by atoms with van der Waals surface area (Å²) in [6.45, 7) is 17.0. The number of hydrogen-bond acceptors (Lipinski definition) is 13. The average molecular weight is 1060 g/mol. The van der Waals surface area contributed by atoms with Crippen molar-refractivity contribution in [2.75, 3.05) is 39.0 Å². The lowest BCUT2D eigenvalue weighted by atomic mass is 9.92. The summed E-state index contributed by atoms with van der Waals surface area (Å²) < 4.78 is 6.28. The van der Waals surface area contributed by atoms with E-state index in [4.69, 9.17) is 21.2 Å². The van der Waals surface area contributed by atoms with Crippen LogP contribution in [0.15, 0.2) is 54.1 Å². The number of rotatable bonds is 32. The molecule has 0 aliphatic carbocycles. The summed E-state index contributed by atoms with van der Waals surface area (Å²) in [5.41, 5.74) is 12.9. The number of amides is 8. The molecule has 1 saturated heterocycles. The Morgan fingerprint density at radius 3 is 2.24 bits per heavy atom. The fourth-order valence-electron chi connectivity index (χ4n) is 9.45. The molecule has 0 saturated carbocycles. The maximum Gasteiger partial charge on any atom is 0.270 e. The van der Waals surface area contributed by atoms with E-state index in [-0.39, 0.29) is 84.4 Å². The van der Waals surface area contributed by atoms with Gasteiger partial charge in [0.25, 0.3) is 17.7 Å². The number of primary amides is 1. The van der Waals surface area contributed by atoms with E-state index in [2.05, 4.69) is 32.7 Å². The first-order valence-corrected chi connectivity index (χ1v) is 27.6. The van der Waals surface area contributed by atoms with Gasteiger partial charge in [-0.25, -0.2) is 4.98 Å². The summed E-state index contributed by atoms with van der Waals surface area (Å²) in [7, 11) is 3.71. The normalized spacial score (nSPS) is 17.6. The summed E-state index contributed by atoms with van der Waals surface area (Å²) in [6, 6.07) is 4.40. The van der Waals surface area contributed by atoms with Gasteiger partial charge in [-0.2, -0.15) is 0 Å². The largest absolute Gasteiger partial charge is 0.488 e. The Hall–Kier alpha value is -5.99. The molecule has 0 radical (unpaired) electrons. The molecule has 3 heterocycles. The first-order valence-electron chi connectivity index (χ1n) is 26.7. The van der Waals surface area contributed by atoms with E-state index in [0.717, 1.165) is 31.4 Å². The summed E-state index contributed by atoms with van der Waals surface area (Å²) >= 11 is 1.25. The van der Waals surface area contributed by atoms with Gasteiger partial charge >= 0.3 is 0 Å². The van der Waals surface area contributed by atoms with Gasteiger partial charge in [-0.1, -0.05) is 72.6 Å². The highest BCUT2D eigenvalue weighted by molar-refractivity contribution is 7.09. The number of benzene rings is 1. The van der Waals surface area contributed by atoms with Crippen LogP contribution in [0, 0.1) is 17.8 Å². The van der Waals surface area contributed by atoms with Crippen molar-refractivity contribution in [2.24, 2.45) is 29.2 Å². The lowest BCUT2D eigenvalue weighted by Crippen LogP contribution is -2.58. The van der Waals surface area contributed by atoms with Crippen LogP contribution < -0.4 is 32.7 Å². The molecule has 19 nitrogen and oxygen atoms in total. The zero-order chi connectivity index (χ0) is 55.4. The lowest BCUT2D eigenvalue weighted by Gasteiger charge is -2.38. The number of thiazole rings is 1. The third-order valence-electron chi connectivity index (χ3n) is 14.2. The molecular weight excluding hydrogens is 977 g/mol. The van der Waals surface area contributed by atoms with Gasteiger partial charge in [0, 0.05) is 67.7 Å². The molecule has 0 spiro atoms. The zero-order valence-electron chi connectivity index (χ0n) is 45.5. The first-order chi connectivity index (χ1) is 35.6. The number of nitrogens with zero attached hydrogens (tertiary/aromatic N) is 4. The van der Waals surface area contributed by atoms with Gasteiger partial charge in [0.1, 0.15) is 22.8 Å². The van der Waals surface area contributed by atoms with Crippen LogP contribution in [0.4, 0.5) is 5.69 Å². The van der Waals surface area contributed by atoms with Gasteiger partial charge in [0.2, 0.25) is 29.5 Å². The lowest BCUT2D eigenvalue weighted by molar-refractivity contribution is -0.141. The highest BCUT2D eigenvalue weighted by Crippen LogP contribution is 2.32. The number of unbranched alkanes of at least 4 members (excludes halogenated alkanes) is 3. The molecule has 4 rings (SSSR count). The van der Waals surface area contributed by atoms with Gasteiger partial charge < -0.3 is 42.4 Å². The number of carbonyl (C=O) groups is 8. The van der Waals surface area contributed by atoms with Gasteiger partial charge in [-0.15, -0.1) is 11.3 Å². The highest BCUT2D eigenvalue weighted by atomic mass is 32.1. The number of carbonyl (C=O) groups excluding carboxylic acids is 8. The molecule has 2 aromatic rings. The fourth-order valence-corrected chi connectivity index (χ4v) is 10.3. The summed E-state index contributed by atoms with van der Waals surface area (Å²) in [6.07, 6.45) is 9.73. The zero-order valence-corrected chi connectivity index (χ0v) is 46.3. The SMILES string of the molecule is C=C(C)O[C@H](C[C@H](C(C)C)N(C)C(=O)[C@@H](NC(=O)[C@H]1CCCCN1C)[C@@H](C)CC)c1nc(C(=O)N[C@@H](Cc2ccc(NC(=O)[C@H](CCCCN)NC(=O)CCCCCN3C(=O)C=CC3=O)cc2)CC(C)C(N)=O)cs1. The van der Waals surface area contributed by atoms with E-state index in [1.165, 1.54) is 28.4 Å². The number of piperidine rings is 1. The van der Waals surface area contributed by atoms with Crippen molar-refractivity contribution >= 4 is 64.3 Å². The van der Waals surface area contributed by atoms with Crippen LogP contribution in [-0.2, 0) is 44.7 Å². The Bertz CT molecular complexity index is 2290. The van der Waals surface area contributed by atoms with Crippen molar-refractivity contribution in [3.05, 3.63) is 70.4 Å². The predicted octanol–water partition coefficient (Wildman–Crippen LogP) is 5.51. The molecular formula is C55H84N10O9S. The third-order valence-corrected chi connectivity index (χ3v) is 15.2. The quantitative estimate of drug-likeness (QED) is 0.0301. The standard InChI is InChI=1S/C55H84N10O9S/c1-10-36(6)49(62-53(72)43-19-14-17-28-63(43)8)55(73)64(9)44(34(2)3)32-45(74-35(4)5)54-61-42(33-75-54)52(71)59-40(30-37(7)50(57)69)31-38-21-23-39(24-22-38)58-51(70)41(18-13-15-27-56)60-46(66)20-12-11-16-29-65-47(67)25-26-48(65)68/h21-26,33-34,36-37,40-41,43-45,49H,4,10-20,27-32,56H2,1-3,5-9H3,(H2,57,69)(H,58,70)(H,59,71)(H,60,66)(H,62,72)/t36-,37?,40+,41-,43+,44+,45+,49-/m0/s1. The van der Waals surface area contributed by atoms with Crippen LogP contribution >= 0.6 is 11.3 Å². The number of likely N-dealkylation sites (N-methyl/N-ethyl adjacent to an activating group) is 2. The molecule has 1 aromatic carbocycles. The molecule has 1 unspecified atom stereocenters. The smallest absolute Gasteiger partial charge is 0.270 e.